The zero-order chi connectivity index (χ0) is 63.8. The highest BCUT2D eigenvalue weighted by molar-refractivity contribution is 7.85. The molecule has 4 atom stereocenters. The van der Waals surface area contributed by atoms with E-state index in [4.69, 9.17) is 40.4 Å². The number of phenolic OH excluding ortho intramolecular Hbond substituents is 1. The molecule has 12 N–H and O–H groups in total. The molecule has 4 amide bonds. The van der Waals surface area contributed by atoms with Crippen LogP contribution < -0.4 is 32.7 Å². The van der Waals surface area contributed by atoms with Gasteiger partial charge in [0.25, 0.3) is 10.1 Å². The van der Waals surface area contributed by atoms with Gasteiger partial charge in [0.05, 0.1) is 63.3 Å². The number of carboxylic acid groups (broad SMARTS) is 1. The van der Waals surface area contributed by atoms with E-state index in [1.165, 1.54) is 12.1 Å². The van der Waals surface area contributed by atoms with Gasteiger partial charge in [-0.2, -0.15) is 8.42 Å². The molecule has 492 valence electrons. The van der Waals surface area contributed by atoms with E-state index >= 15 is 0 Å². The Kier molecular flexibility index (Phi) is 45.2. The lowest BCUT2D eigenvalue weighted by molar-refractivity contribution is -0.142. The lowest BCUT2D eigenvalue weighted by Crippen LogP contribution is -2.47. The number of primary amides is 1. The van der Waals surface area contributed by atoms with E-state index in [-0.39, 0.29) is 150 Å². The first kappa shape index (κ1) is 78.5. The molecule has 25 nitrogen and oxygen atoms in total. The number of aromatic hydroxyl groups is 1. The first-order valence-electron chi connectivity index (χ1n) is 30.8. The van der Waals surface area contributed by atoms with Gasteiger partial charge in [-0.3, -0.25) is 48.4 Å². The van der Waals surface area contributed by atoms with Gasteiger partial charge in [0, 0.05) is 57.7 Å². The van der Waals surface area contributed by atoms with Crippen molar-refractivity contribution in [3.8, 4) is 5.75 Å². The Morgan fingerprint density at radius 3 is 1.74 bits per heavy atom. The largest absolute Gasteiger partial charge is 0.508 e. The second-order valence-electron chi connectivity index (χ2n) is 21.9. The summed E-state index contributed by atoms with van der Waals surface area (Å²) in [7, 11) is -0.471. The zero-order valence-corrected chi connectivity index (χ0v) is 52.1. The van der Waals surface area contributed by atoms with E-state index in [0.29, 0.717) is 77.4 Å². The van der Waals surface area contributed by atoms with Crippen LogP contribution >= 0.6 is 0 Å². The standard InChI is InChI=1S/C60H104N8O17S/c1-64-50(54(72)43-68(2)52(23-15-16-24-55(61)62)53(71)42-47(59(63)76)41-46-26-28-48(69)29-27-46)22-17-18-32-65-58(75)45-85-39-36-82-34-20-21-49(70)44-84-38-37-83-35-33-66-56(73)31-30-51(60(77)78)67-57(74)25-14-12-10-8-6-4-3-5-7-9-11-13-19-40-86(79,80)81/h26-29,47,50-52,64,69H,3-25,30-45H2,1-2H3,(H3,61,62)(H2,63,76)(H,65,75)(H,66,73)(H,67,74)(H,77,78)(H,79,80,81)/t47-,50+,51+,52+/m1/s1. The molecule has 26 heteroatoms. The molecule has 1 aromatic carbocycles. The van der Waals surface area contributed by atoms with E-state index in [0.717, 1.165) is 76.2 Å². The quantitative estimate of drug-likeness (QED) is 0.0186. The Balaban J connectivity index is 2.12. The number of hydrogen-bond donors (Lipinski definition) is 10. The average Bonchev–Trinajstić information content (AvgIpc) is 3.67. The molecular weight excluding hydrogens is 1140 g/mol. The first-order chi connectivity index (χ1) is 41.1. The van der Waals surface area contributed by atoms with Crippen LogP contribution in [0.3, 0.4) is 0 Å². The van der Waals surface area contributed by atoms with Gasteiger partial charge in [0.1, 0.15) is 25.0 Å². The van der Waals surface area contributed by atoms with E-state index < -0.39 is 46.0 Å². The summed E-state index contributed by atoms with van der Waals surface area (Å²) in [6.45, 7) is 1.57. The number of ketones is 3. The molecular formula is C60H104N8O17S. The van der Waals surface area contributed by atoms with Crippen LogP contribution in [0.4, 0.5) is 0 Å². The van der Waals surface area contributed by atoms with Crippen LogP contribution in [0.1, 0.15) is 173 Å². The number of phenols is 1. The van der Waals surface area contributed by atoms with Crippen molar-refractivity contribution in [2.24, 2.45) is 17.4 Å². The highest BCUT2D eigenvalue weighted by atomic mass is 32.2. The molecule has 0 heterocycles. The van der Waals surface area contributed by atoms with Gasteiger partial charge in [-0.1, -0.05) is 89.2 Å². The van der Waals surface area contributed by atoms with Crippen LogP contribution in [0, 0.1) is 11.3 Å². The molecule has 0 bridgehead atoms. The number of ether oxygens (including phenoxy) is 4. The van der Waals surface area contributed by atoms with E-state index in [1.54, 1.807) is 31.1 Å². The maximum Gasteiger partial charge on any atom is 0.326 e. The van der Waals surface area contributed by atoms with Gasteiger partial charge in [0.2, 0.25) is 23.6 Å². The molecule has 0 saturated heterocycles. The second kappa shape index (κ2) is 49.5. The number of nitrogens with one attached hydrogen (secondary N) is 5. The number of aliphatic carboxylic acids is 1. The predicted octanol–water partition coefficient (Wildman–Crippen LogP) is 4.47. The minimum absolute atomic E-state index is 0.0221. The summed E-state index contributed by atoms with van der Waals surface area (Å²) < 4.78 is 52.0. The van der Waals surface area contributed by atoms with Crippen molar-refractivity contribution in [2.75, 3.05) is 92.3 Å². The van der Waals surface area contributed by atoms with Crippen molar-refractivity contribution in [1.82, 2.24) is 26.2 Å². The fourth-order valence-electron chi connectivity index (χ4n) is 9.43. The number of likely N-dealkylation sites (N-methyl/N-ethyl adjacent to an activating group) is 2. The topological polar surface area (TPSA) is 396 Å². The minimum Gasteiger partial charge on any atom is -0.508 e. The van der Waals surface area contributed by atoms with Crippen LogP contribution in [-0.4, -0.2) is 191 Å². The number of nitrogens with zero attached hydrogens (tertiary/aromatic N) is 1. The Bertz CT molecular complexity index is 2230. The molecule has 0 aromatic heterocycles. The predicted molar refractivity (Wildman–Crippen MR) is 326 cm³/mol. The van der Waals surface area contributed by atoms with Gasteiger partial charge >= 0.3 is 5.97 Å². The number of amidine groups is 1. The van der Waals surface area contributed by atoms with Crippen molar-refractivity contribution < 1.29 is 80.5 Å². The van der Waals surface area contributed by atoms with Gasteiger partial charge in [0.15, 0.2) is 17.3 Å². The summed E-state index contributed by atoms with van der Waals surface area (Å²) in [5.41, 5.74) is 12.0. The van der Waals surface area contributed by atoms with Gasteiger partial charge in [-0.05, 0) is 96.0 Å². The SMILES string of the molecule is CN[C@@H](CCCCNC(=O)COCCOCCCC(=O)COCCOCCNC(=O)CC[C@H](NC(=O)CCCCCCCCCCCCCCCS(=O)(=O)O)C(=O)O)C(=O)CN(C)[C@@H](CCCCC(=N)N)C(=O)C[C@@H](Cc1ccc(O)cc1)C(N)=O. The van der Waals surface area contributed by atoms with Crippen LogP contribution in [0.25, 0.3) is 0 Å². The van der Waals surface area contributed by atoms with Crippen LogP contribution in [0.2, 0.25) is 0 Å². The molecule has 0 aliphatic carbocycles. The third kappa shape index (κ3) is 44.0. The van der Waals surface area contributed by atoms with Gasteiger partial charge < -0.3 is 61.9 Å². The maximum absolute atomic E-state index is 13.7. The number of nitrogens with two attached hydrogens (primary N) is 2. The van der Waals surface area contributed by atoms with Crippen LogP contribution in [0.5, 0.6) is 5.75 Å². The Labute approximate surface area is 509 Å². The number of unbranched alkanes of at least 4 members (excludes halogenated alkanes) is 14. The summed E-state index contributed by atoms with van der Waals surface area (Å²) in [6, 6.07) is 4.00. The summed E-state index contributed by atoms with van der Waals surface area (Å²) >= 11 is 0. The highest BCUT2D eigenvalue weighted by Crippen LogP contribution is 2.21. The fourth-order valence-corrected chi connectivity index (χ4v) is 10.0. The number of Topliss-reactive ketones (excluding diaryl/α,β-unsaturated/α-hetero) is 3. The Morgan fingerprint density at radius 2 is 1.15 bits per heavy atom. The number of amides is 4. The minimum atomic E-state index is -3.86. The molecule has 86 heavy (non-hydrogen) atoms. The highest BCUT2D eigenvalue weighted by Gasteiger charge is 2.30. The Hall–Kier alpha value is -5.48. The maximum atomic E-state index is 13.7. The van der Waals surface area contributed by atoms with Crippen molar-refractivity contribution in [1.29, 1.82) is 5.41 Å². The second-order valence-corrected chi connectivity index (χ2v) is 23.5. The van der Waals surface area contributed by atoms with Crippen molar-refractivity contribution in [3.63, 3.8) is 0 Å². The van der Waals surface area contributed by atoms with Crippen LogP contribution in [0.15, 0.2) is 24.3 Å². The van der Waals surface area contributed by atoms with Crippen molar-refractivity contribution in [3.05, 3.63) is 29.8 Å². The molecule has 1 aromatic rings. The molecule has 1 rings (SSSR count). The number of carboxylic acids is 1. The normalized spacial score (nSPS) is 12.9. The smallest absolute Gasteiger partial charge is 0.326 e. The first-order valence-corrected chi connectivity index (χ1v) is 32.4. The molecule has 0 saturated carbocycles. The molecule has 0 unspecified atom stereocenters. The fraction of sp³-hybridized carbons (Fsp3) is 0.750. The summed E-state index contributed by atoms with van der Waals surface area (Å²) in [5.74, 6) is -4.13. The number of hydrogen-bond acceptors (Lipinski definition) is 18. The average molecular weight is 1240 g/mol. The number of carbonyl (C=O) groups is 8. The van der Waals surface area contributed by atoms with Gasteiger partial charge in [-0.25, -0.2) is 4.79 Å². The Morgan fingerprint density at radius 1 is 0.593 bits per heavy atom. The monoisotopic (exact) mass is 1240 g/mol. The third-order valence-electron chi connectivity index (χ3n) is 14.4. The summed E-state index contributed by atoms with van der Waals surface area (Å²) in [5, 5.41) is 37.8. The molecule has 0 aliphatic heterocycles. The lowest BCUT2D eigenvalue weighted by Gasteiger charge is -2.29. The van der Waals surface area contributed by atoms with E-state index in [2.05, 4.69) is 21.3 Å². The van der Waals surface area contributed by atoms with Gasteiger partial charge in [-0.15, -0.1) is 0 Å². The molecule has 0 aliphatic rings. The molecule has 0 spiro atoms. The summed E-state index contributed by atoms with van der Waals surface area (Å²) in [6.07, 6.45) is 17.1. The van der Waals surface area contributed by atoms with Crippen LogP contribution in [-0.2, 0) is 73.8 Å². The molecule has 0 fully saturated rings. The number of rotatable bonds is 59. The zero-order valence-electron chi connectivity index (χ0n) is 51.3. The summed E-state index contributed by atoms with van der Waals surface area (Å²) in [4.78, 5) is 102. The molecule has 0 radical (unpaired) electrons. The van der Waals surface area contributed by atoms with E-state index in [9.17, 15) is 57.0 Å². The number of carbonyl (C=O) groups excluding carboxylic acids is 7. The van der Waals surface area contributed by atoms with Crippen molar-refractivity contribution >= 4 is 62.9 Å². The number of benzene rings is 1. The lowest BCUT2D eigenvalue weighted by atomic mass is 9.89. The third-order valence-corrected chi connectivity index (χ3v) is 15.2. The van der Waals surface area contributed by atoms with E-state index in [1.807, 2.05) is 0 Å². The van der Waals surface area contributed by atoms with Crippen molar-refractivity contribution in [2.45, 2.75) is 191 Å².